The summed E-state index contributed by atoms with van der Waals surface area (Å²) in [5.41, 5.74) is 1.39. The molecule has 3 heterocycles. The standard InChI is InChI=1S/C13H16BrN5O/c1-8-11(14)12(18(2)17-8)13(20)16-9-3-4-10-15-5-6-19(10)7-9/h5-6,9H,3-4,7H2,1-2H3,(H,16,20). The second-order valence-corrected chi connectivity index (χ2v) is 5.87. The van der Waals surface area contributed by atoms with Crippen molar-refractivity contribution in [1.29, 1.82) is 0 Å². The molecule has 0 fully saturated rings. The van der Waals surface area contributed by atoms with E-state index in [0.29, 0.717) is 5.69 Å². The monoisotopic (exact) mass is 337 g/mol. The molecule has 2 aromatic rings. The zero-order valence-corrected chi connectivity index (χ0v) is 13.0. The lowest BCUT2D eigenvalue weighted by molar-refractivity contribution is 0.0917. The van der Waals surface area contributed by atoms with Gasteiger partial charge < -0.3 is 9.88 Å². The number of aryl methyl sites for hydroxylation is 3. The first-order chi connectivity index (χ1) is 9.56. The molecule has 0 bridgehead atoms. The fraction of sp³-hybridized carbons (Fsp3) is 0.462. The highest BCUT2D eigenvalue weighted by Crippen LogP contribution is 2.21. The topological polar surface area (TPSA) is 64.7 Å². The van der Waals surface area contributed by atoms with Crippen molar-refractivity contribution in [2.24, 2.45) is 7.05 Å². The Hall–Kier alpha value is -1.63. The molecule has 0 radical (unpaired) electrons. The van der Waals surface area contributed by atoms with Gasteiger partial charge in [0.1, 0.15) is 11.5 Å². The number of imidazole rings is 1. The average molecular weight is 338 g/mol. The molecule has 20 heavy (non-hydrogen) atoms. The van der Waals surface area contributed by atoms with Gasteiger partial charge in [-0.2, -0.15) is 5.10 Å². The van der Waals surface area contributed by atoms with E-state index in [0.717, 1.165) is 35.4 Å². The number of hydrogen-bond acceptors (Lipinski definition) is 3. The van der Waals surface area contributed by atoms with Crippen molar-refractivity contribution in [1.82, 2.24) is 24.6 Å². The molecule has 106 valence electrons. The van der Waals surface area contributed by atoms with E-state index in [-0.39, 0.29) is 11.9 Å². The van der Waals surface area contributed by atoms with Crippen LogP contribution in [0.2, 0.25) is 0 Å². The van der Waals surface area contributed by atoms with E-state index < -0.39 is 0 Å². The van der Waals surface area contributed by atoms with E-state index in [9.17, 15) is 4.79 Å². The smallest absolute Gasteiger partial charge is 0.271 e. The summed E-state index contributed by atoms with van der Waals surface area (Å²) in [6.45, 7) is 2.65. The first-order valence-corrected chi connectivity index (χ1v) is 7.35. The minimum Gasteiger partial charge on any atom is -0.346 e. The van der Waals surface area contributed by atoms with E-state index in [1.54, 1.807) is 17.9 Å². The first kappa shape index (κ1) is 13.4. The third-order valence-electron chi connectivity index (χ3n) is 3.63. The van der Waals surface area contributed by atoms with Crippen LogP contribution in [0.25, 0.3) is 0 Å². The molecule has 3 rings (SSSR count). The number of carbonyl (C=O) groups is 1. The summed E-state index contributed by atoms with van der Waals surface area (Å²) < 4.78 is 4.47. The normalized spacial score (nSPS) is 17.9. The van der Waals surface area contributed by atoms with Gasteiger partial charge in [-0.05, 0) is 29.3 Å². The number of fused-ring (bicyclic) bond motifs is 1. The molecule has 0 aromatic carbocycles. The summed E-state index contributed by atoms with van der Waals surface area (Å²) >= 11 is 3.43. The van der Waals surface area contributed by atoms with Gasteiger partial charge in [-0.25, -0.2) is 4.98 Å². The number of halogens is 1. The molecule has 1 N–H and O–H groups in total. The molecule has 1 amide bonds. The molecular formula is C13H16BrN5O. The van der Waals surface area contributed by atoms with Crippen LogP contribution in [0.15, 0.2) is 16.9 Å². The number of rotatable bonds is 2. The fourth-order valence-corrected chi connectivity index (χ4v) is 3.13. The minimum absolute atomic E-state index is 0.0893. The van der Waals surface area contributed by atoms with Gasteiger partial charge in [-0.3, -0.25) is 9.48 Å². The SMILES string of the molecule is Cc1nn(C)c(C(=O)NC2CCc3nccn3C2)c1Br. The number of aromatic nitrogens is 4. The molecule has 0 saturated heterocycles. The van der Waals surface area contributed by atoms with Gasteiger partial charge in [0.15, 0.2) is 0 Å². The summed E-state index contributed by atoms with van der Waals surface area (Å²) in [7, 11) is 1.78. The van der Waals surface area contributed by atoms with E-state index in [4.69, 9.17) is 0 Å². The van der Waals surface area contributed by atoms with Gasteiger partial charge in [0.2, 0.25) is 0 Å². The van der Waals surface area contributed by atoms with Crippen LogP contribution in [0.4, 0.5) is 0 Å². The largest absolute Gasteiger partial charge is 0.346 e. The van der Waals surface area contributed by atoms with Crippen molar-refractivity contribution in [3.8, 4) is 0 Å². The zero-order chi connectivity index (χ0) is 14.3. The van der Waals surface area contributed by atoms with Crippen LogP contribution in [0.3, 0.4) is 0 Å². The Morgan fingerprint density at radius 1 is 1.55 bits per heavy atom. The Balaban J connectivity index is 1.74. The third-order valence-corrected chi connectivity index (χ3v) is 4.58. The van der Waals surface area contributed by atoms with E-state index in [1.165, 1.54) is 0 Å². The number of carbonyl (C=O) groups excluding carboxylic acids is 1. The Bertz CT molecular complexity index is 660. The molecule has 1 atom stereocenters. The molecule has 0 aliphatic carbocycles. The van der Waals surface area contributed by atoms with Crippen molar-refractivity contribution in [2.75, 3.05) is 0 Å². The molecule has 0 spiro atoms. The number of amides is 1. The van der Waals surface area contributed by atoms with Crippen LogP contribution in [0.5, 0.6) is 0 Å². The highest BCUT2D eigenvalue weighted by Gasteiger charge is 2.24. The lowest BCUT2D eigenvalue weighted by Gasteiger charge is -2.24. The first-order valence-electron chi connectivity index (χ1n) is 6.56. The number of nitrogens with one attached hydrogen (secondary N) is 1. The molecule has 2 aromatic heterocycles. The Morgan fingerprint density at radius 3 is 3.05 bits per heavy atom. The maximum absolute atomic E-state index is 12.4. The fourth-order valence-electron chi connectivity index (χ4n) is 2.62. The van der Waals surface area contributed by atoms with Crippen molar-refractivity contribution >= 4 is 21.8 Å². The van der Waals surface area contributed by atoms with E-state index in [1.807, 2.05) is 13.1 Å². The lowest BCUT2D eigenvalue weighted by atomic mass is 10.1. The Kier molecular flexibility index (Phi) is 3.37. The zero-order valence-electron chi connectivity index (χ0n) is 11.4. The maximum Gasteiger partial charge on any atom is 0.271 e. The summed E-state index contributed by atoms with van der Waals surface area (Å²) in [6, 6.07) is 0.131. The molecule has 1 unspecified atom stereocenters. The van der Waals surface area contributed by atoms with Gasteiger partial charge in [-0.1, -0.05) is 0 Å². The molecular weight excluding hydrogens is 322 g/mol. The van der Waals surface area contributed by atoms with Gasteiger partial charge in [-0.15, -0.1) is 0 Å². The van der Waals surface area contributed by atoms with E-state index >= 15 is 0 Å². The molecule has 1 aliphatic rings. The summed E-state index contributed by atoms with van der Waals surface area (Å²) in [4.78, 5) is 16.7. The van der Waals surface area contributed by atoms with Gasteiger partial charge in [0, 0.05) is 38.4 Å². The van der Waals surface area contributed by atoms with Gasteiger partial charge in [0.25, 0.3) is 5.91 Å². The second kappa shape index (κ2) is 5.05. The summed E-state index contributed by atoms with van der Waals surface area (Å²) in [5.74, 6) is 1.00. The van der Waals surface area contributed by atoms with Crippen LogP contribution < -0.4 is 5.32 Å². The quantitative estimate of drug-likeness (QED) is 0.901. The van der Waals surface area contributed by atoms with Crippen LogP contribution in [0.1, 0.15) is 28.4 Å². The van der Waals surface area contributed by atoms with Crippen LogP contribution in [-0.2, 0) is 20.0 Å². The lowest BCUT2D eigenvalue weighted by Crippen LogP contribution is -2.41. The number of nitrogens with zero attached hydrogens (tertiary/aromatic N) is 4. The Labute approximate surface area is 125 Å². The molecule has 7 heteroatoms. The van der Waals surface area contributed by atoms with Gasteiger partial charge >= 0.3 is 0 Å². The van der Waals surface area contributed by atoms with Crippen molar-refractivity contribution in [3.05, 3.63) is 34.1 Å². The number of hydrogen-bond donors (Lipinski definition) is 1. The van der Waals surface area contributed by atoms with Crippen LogP contribution in [0, 0.1) is 6.92 Å². The van der Waals surface area contributed by atoms with Crippen molar-refractivity contribution in [3.63, 3.8) is 0 Å². The predicted octanol–water partition coefficient (Wildman–Crippen LogP) is 1.43. The predicted molar refractivity (Wildman–Crippen MR) is 77.4 cm³/mol. The van der Waals surface area contributed by atoms with Crippen LogP contribution >= 0.6 is 15.9 Å². The second-order valence-electron chi connectivity index (χ2n) is 5.08. The highest BCUT2D eigenvalue weighted by atomic mass is 79.9. The van der Waals surface area contributed by atoms with Crippen molar-refractivity contribution in [2.45, 2.75) is 32.4 Å². The molecule has 6 nitrogen and oxygen atoms in total. The van der Waals surface area contributed by atoms with Gasteiger partial charge in [0.05, 0.1) is 10.2 Å². The Morgan fingerprint density at radius 2 is 2.35 bits per heavy atom. The minimum atomic E-state index is -0.0893. The third kappa shape index (κ3) is 2.26. The van der Waals surface area contributed by atoms with E-state index in [2.05, 4.69) is 35.9 Å². The summed E-state index contributed by atoms with van der Waals surface area (Å²) in [6.07, 6.45) is 5.57. The molecule has 0 saturated carbocycles. The summed E-state index contributed by atoms with van der Waals surface area (Å²) in [5, 5.41) is 7.33. The van der Waals surface area contributed by atoms with Crippen LogP contribution in [-0.4, -0.2) is 31.3 Å². The highest BCUT2D eigenvalue weighted by molar-refractivity contribution is 9.10. The van der Waals surface area contributed by atoms with Crippen molar-refractivity contribution < 1.29 is 4.79 Å². The molecule has 1 aliphatic heterocycles. The maximum atomic E-state index is 12.4. The average Bonchev–Trinajstić information content (AvgIpc) is 2.94.